The highest BCUT2D eigenvalue weighted by atomic mass is 16.5. The van der Waals surface area contributed by atoms with Crippen molar-refractivity contribution in [1.82, 2.24) is 15.0 Å². The zero-order valence-corrected chi connectivity index (χ0v) is 12.9. The molecule has 0 saturated carbocycles. The molecule has 7 nitrogen and oxygen atoms in total. The van der Waals surface area contributed by atoms with Crippen LogP contribution in [0.4, 0.5) is 11.9 Å². The van der Waals surface area contributed by atoms with Gasteiger partial charge in [0.2, 0.25) is 11.9 Å². The van der Waals surface area contributed by atoms with Crippen LogP contribution in [-0.4, -0.2) is 47.9 Å². The molecule has 0 aliphatic carbocycles. The first-order chi connectivity index (χ1) is 10.3. The van der Waals surface area contributed by atoms with Gasteiger partial charge in [0, 0.05) is 19.7 Å². The molecule has 0 bridgehead atoms. The van der Waals surface area contributed by atoms with Gasteiger partial charge in [-0.05, 0) is 32.1 Å². The van der Waals surface area contributed by atoms with E-state index < -0.39 is 0 Å². The maximum Gasteiger partial charge on any atom is 0.323 e. The highest BCUT2D eigenvalue weighted by Gasteiger charge is 2.15. The molecule has 1 aliphatic rings. The number of nitrogens with zero attached hydrogens (tertiary/aromatic N) is 3. The molecule has 118 valence electrons. The second kappa shape index (κ2) is 8.61. The monoisotopic (exact) mass is 295 g/mol. The van der Waals surface area contributed by atoms with Crippen LogP contribution >= 0.6 is 0 Å². The van der Waals surface area contributed by atoms with Crippen molar-refractivity contribution in [1.29, 1.82) is 0 Å². The zero-order chi connectivity index (χ0) is 14.9. The molecule has 2 N–H and O–H groups in total. The van der Waals surface area contributed by atoms with Crippen LogP contribution in [0.1, 0.15) is 33.1 Å². The average molecular weight is 295 g/mol. The van der Waals surface area contributed by atoms with Crippen LogP contribution in [0, 0.1) is 5.92 Å². The highest BCUT2D eigenvalue weighted by molar-refractivity contribution is 5.35. The van der Waals surface area contributed by atoms with Gasteiger partial charge in [-0.1, -0.05) is 6.92 Å². The topological polar surface area (TPSA) is 81.2 Å². The van der Waals surface area contributed by atoms with E-state index >= 15 is 0 Å². The van der Waals surface area contributed by atoms with Gasteiger partial charge >= 0.3 is 6.01 Å². The summed E-state index contributed by atoms with van der Waals surface area (Å²) in [5, 5.41) is 6.43. The lowest BCUT2D eigenvalue weighted by Crippen LogP contribution is -2.25. The molecule has 1 saturated heterocycles. The Labute approximate surface area is 125 Å². The number of hydrogen-bond acceptors (Lipinski definition) is 7. The van der Waals surface area contributed by atoms with E-state index in [1.807, 2.05) is 6.92 Å². The van der Waals surface area contributed by atoms with E-state index in [2.05, 4.69) is 32.5 Å². The fourth-order valence-corrected chi connectivity index (χ4v) is 2.15. The smallest absolute Gasteiger partial charge is 0.323 e. The Kier molecular flexibility index (Phi) is 6.46. The van der Waals surface area contributed by atoms with Crippen molar-refractivity contribution in [3.63, 3.8) is 0 Å². The number of hydrogen-bond donors (Lipinski definition) is 2. The highest BCUT2D eigenvalue weighted by Crippen LogP contribution is 2.15. The molecule has 0 amide bonds. The lowest BCUT2D eigenvalue weighted by atomic mass is 10.0. The summed E-state index contributed by atoms with van der Waals surface area (Å²) in [7, 11) is 0. The van der Waals surface area contributed by atoms with E-state index in [4.69, 9.17) is 9.47 Å². The van der Waals surface area contributed by atoms with Crippen LogP contribution in [0.15, 0.2) is 0 Å². The Balaban J connectivity index is 1.96. The Morgan fingerprint density at radius 3 is 2.67 bits per heavy atom. The Bertz CT molecular complexity index is 424. The second-order valence-corrected chi connectivity index (χ2v) is 5.09. The first kappa shape index (κ1) is 15.8. The van der Waals surface area contributed by atoms with Crippen molar-refractivity contribution in [2.24, 2.45) is 5.92 Å². The third-order valence-corrected chi connectivity index (χ3v) is 3.22. The van der Waals surface area contributed by atoms with E-state index in [0.717, 1.165) is 39.1 Å². The second-order valence-electron chi connectivity index (χ2n) is 5.09. The fourth-order valence-electron chi connectivity index (χ4n) is 2.15. The predicted octanol–water partition coefficient (Wildman–Crippen LogP) is 1.93. The summed E-state index contributed by atoms with van der Waals surface area (Å²) < 4.78 is 10.9. The van der Waals surface area contributed by atoms with Crippen LogP contribution in [0.25, 0.3) is 0 Å². The zero-order valence-electron chi connectivity index (χ0n) is 12.9. The number of anilines is 2. The van der Waals surface area contributed by atoms with Gasteiger partial charge in [-0.2, -0.15) is 15.0 Å². The van der Waals surface area contributed by atoms with E-state index in [0.29, 0.717) is 30.4 Å². The van der Waals surface area contributed by atoms with Gasteiger partial charge in [0.05, 0.1) is 13.2 Å². The summed E-state index contributed by atoms with van der Waals surface area (Å²) in [6.07, 6.45) is 3.31. The average Bonchev–Trinajstić information content (AvgIpc) is 2.52. The number of aromatic nitrogens is 3. The summed E-state index contributed by atoms with van der Waals surface area (Å²) in [6.45, 7) is 7.86. The molecule has 1 atom stereocenters. The molecule has 1 aromatic heterocycles. The summed E-state index contributed by atoms with van der Waals surface area (Å²) in [4.78, 5) is 12.9. The predicted molar refractivity (Wildman–Crippen MR) is 81.8 cm³/mol. The van der Waals surface area contributed by atoms with E-state index in [1.54, 1.807) is 0 Å². The largest absolute Gasteiger partial charge is 0.464 e. The maximum atomic E-state index is 5.48. The summed E-state index contributed by atoms with van der Waals surface area (Å²) in [5.41, 5.74) is 0. The minimum absolute atomic E-state index is 0.355. The molecule has 2 heterocycles. The van der Waals surface area contributed by atoms with Gasteiger partial charge in [0.1, 0.15) is 0 Å². The Hall–Kier alpha value is -1.63. The van der Waals surface area contributed by atoms with Crippen molar-refractivity contribution in [3.8, 4) is 6.01 Å². The van der Waals surface area contributed by atoms with Crippen LogP contribution < -0.4 is 15.4 Å². The summed E-state index contributed by atoms with van der Waals surface area (Å²) >= 11 is 0. The molecule has 1 fully saturated rings. The van der Waals surface area contributed by atoms with Crippen molar-refractivity contribution in [2.45, 2.75) is 33.1 Å². The lowest BCUT2D eigenvalue weighted by molar-refractivity contribution is 0.0594. The minimum atomic E-state index is 0.355. The number of nitrogens with one attached hydrogen (secondary N) is 2. The molecular weight excluding hydrogens is 270 g/mol. The molecule has 1 aliphatic heterocycles. The van der Waals surface area contributed by atoms with Crippen LogP contribution in [0.2, 0.25) is 0 Å². The maximum absolute atomic E-state index is 5.48. The quantitative estimate of drug-likeness (QED) is 0.758. The van der Waals surface area contributed by atoms with Crippen LogP contribution in [-0.2, 0) is 4.74 Å². The van der Waals surface area contributed by atoms with E-state index in [9.17, 15) is 0 Å². The summed E-state index contributed by atoms with van der Waals surface area (Å²) in [5.74, 6) is 1.62. The van der Waals surface area contributed by atoms with Gasteiger partial charge in [0.25, 0.3) is 0 Å². The lowest BCUT2D eigenvalue weighted by Gasteiger charge is -2.22. The van der Waals surface area contributed by atoms with Crippen molar-refractivity contribution < 1.29 is 9.47 Å². The Morgan fingerprint density at radius 1 is 1.19 bits per heavy atom. The molecule has 1 aromatic rings. The first-order valence-electron chi connectivity index (χ1n) is 7.76. The Morgan fingerprint density at radius 2 is 2.00 bits per heavy atom. The van der Waals surface area contributed by atoms with Gasteiger partial charge in [-0.3, -0.25) is 0 Å². The first-order valence-corrected chi connectivity index (χ1v) is 7.76. The fraction of sp³-hybridized carbons (Fsp3) is 0.786. The van der Waals surface area contributed by atoms with Crippen LogP contribution in [0.5, 0.6) is 6.01 Å². The molecule has 1 unspecified atom stereocenters. The SMILES string of the molecule is CCCNc1nc(NCC2CCCOC2)nc(OCC)n1. The normalized spacial score (nSPS) is 18.3. The third-order valence-electron chi connectivity index (χ3n) is 3.22. The van der Waals surface area contributed by atoms with E-state index in [1.165, 1.54) is 6.42 Å². The molecule has 2 rings (SSSR count). The molecule has 21 heavy (non-hydrogen) atoms. The van der Waals surface area contributed by atoms with E-state index in [-0.39, 0.29) is 0 Å². The standard InChI is InChI=1S/C14H25N5O2/c1-3-7-15-12-17-13(19-14(18-12)21-4-2)16-9-11-6-5-8-20-10-11/h11H,3-10H2,1-2H3,(H2,15,16,17,18,19). The van der Waals surface area contributed by atoms with Crippen molar-refractivity contribution in [3.05, 3.63) is 0 Å². The molecule has 0 radical (unpaired) electrons. The molecular formula is C14H25N5O2. The summed E-state index contributed by atoms with van der Waals surface area (Å²) in [6, 6.07) is 0.355. The van der Waals surface area contributed by atoms with Crippen molar-refractivity contribution in [2.75, 3.05) is 43.5 Å². The van der Waals surface area contributed by atoms with Gasteiger partial charge in [-0.15, -0.1) is 0 Å². The minimum Gasteiger partial charge on any atom is -0.464 e. The van der Waals surface area contributed by atoms with Crippen molar-refractivity contribution >= 4 is 11.9 Å². The molecule has 0 spiro atoms. The third kappa shape index (κ3) is 5.34. The van der Waals surface area contributed by atoms with Gasteiger partial charge in [0.15, 0.2) is 0 Å². The molecule has 0 aromatic carbocycles. The van der Waals surface area contributed by atoms with Gasteiger partial charge in [-0.25, -0.2) is 0 Å². The number of ether oxygens (including phenoxy) is 2. The molecule has 7 heteroatoms. The van der Waals surface area contributed by atoms with Gasteiger partial charge < -0.3 is 20.1 Å². The van der Waals surface area contributed by atoms with Crippen LogP contribution in [0.3, 0.4) is 0 Å². The number of rotatable bonds is 8.